The monoisotopic (exact) mass is 548 g/mol. The minimum Gasteiger partial charge on any atom is -0.448 e. The summed E-state index contributed by atoms with van der Waals surface area (Å²) >= 11 is 0. The molecule has 1 atom stereocenters. The number of fused-ring (bicyclic) bond motifs is 1. The number of hydrogen-bond donors (Lipinski definition) is 2. The lowest BCUT2D eigenvalue weighted by molar-refractivity contribution is 0.0995. The molecule has 2 aromatic heterocycles. The van der Waals surface area contributed by atoms with Crippen LogP contribution in [0.4, 0.5) is 10.5 Å². The number of aromatic nitrogens is 3. The Morgan fingerprint density at radius 1 is 1.10 bits per heavy atom. The van der Waals surface area contributed by atoms with Gasteiger partial charge in [0.25, 0.3) is 11.8 Å². The van der Waals surface area contributed by atoms with Crippen LogP contribution in [0, 0.1) is 13.8 Å². The second-order valence-corrected chi connectivity index (χ2v) is 11.1. The van der Waals surface area contributed by atoms with Crippen LogP contribution >= 0.6 is 0 Å². The summed E-state index contributed by atoms with van der Waals surface area (Å²) in [4.78, 5) is 41.4. The molecule has 0 radical (unpaired) electrons. The molecule has 202 valence electrons. The van der Waals surface area contributed by atoms with Crippen molar-refractivity contribution in [2.24, 2.45) is 10.1 Å². The summed E-state index contributed by atoms with van der Waals surface area (Å²) in [5.41, 5.74) is 8.91. The maximum atomic E-state index is 13.3. The first-order valence-corrected chi connectivity index (χ1v) is 13.9. The number of anilines is 1. The first-order valence-electron chi connectivity index (χ1n) is 12.0. The summed E-state index contributed by atoms with van der Waals surface area (Å²) in [6.07, 6.45) is 0.518. The van der Waals surface area contributed by atoms with Crippen molar-refractivity contribution in [2.45, 2.75) is 32.2 Å². The van der Waals surface area contributed by atoms with E-state index in [4.69, 9.17) is 10.5 Å². The van der Waals surface area contributed by atoms with E-state index in [0.29, 0.717) is 33.7 Å². The van der Waals surface area contributed by atoms with Crippen molar-refractivity contribution in [3.63, 3.8) is 0 Å². The summed E-state index contributed by atoms with van der Waals surface area (Å²) in [6, 6.07) is 15.3. The predicted molar refractivity (Wildman–Crippen MR) is 147 cm³/mol. The third kappa shape index (κ3) is 5.96. The van der Waals surface area contributed by atoms with E-state index >= 15 is 0 Å². The predicted octanol–water partition coefficient (Wildman–Crippen LogP) is 4.06. The number of ether oxygens (including phenoxy) is 1. The molecule has 0 spiro atoms. The normalized spacial score (nSPS) is 12.5. The molecule has 2 aromatic carbocycles. The molecule has 4 rings (SSSR count). The minimum absolute atomic E-state index is 0.00231. The van der Waals surface area contributed by atoms with Gasteiger partial charge in [-0.1, -0.05) is 30.3 Å². The van der Waals surface area contributed by atoms with Gasteiger partial charge in [-0.25, -0.2) is 14.0 Å². The summed E-state index contributed by atoms with van der Waals surface area (Å²) in [5.74, 6) is -1.15. The summed E-state index contributed by atoms with van der Waals surface area (Å²) in [7, 11) is -2.95. The number of carbonyl (C=O) groups is 3. The van der Waals surface area contributed by atoms with Crippen LogP contribution in [-0.2, 0) is 21.0 Å². The average Bonchev–Trinajstić information content (AvgIpc) is 3.15. The van der Waals surface area contributed by atoms with Gasteiger partial charge in [-0.3, -0.25) is 14.3 Å². The van der Waals surface area contributed by atoms with Crippen LogP contribution < -0.4 is 11.1 Å². The van der Waals surface area contributed by atoms with Gasteiger partial charge < -0.3 is 15.8 Å². The molecule has 11 nitrogen and oxygen atoms in total. The number of nitrogens with two attached hydrogens (primary N) is 1. The molecule has 3 amide bonds. The number of nitrogens with one attached hydrogen (secondary N) is 1. The molecule has 0 aliphatic carbocycles. The first kappa shape index (κ1) is 27.5. The van der Waals surface area contributed by atoms with Gasteiger partial charge in [0.15, 0.2) is 0 Å². The van der Waals surface area contributed by atoms with E-state index in [1.807, 2.05) is 6.92 Å². The quantitative estimate of drug-likeness (QED) is 0.352. The molecule has 1 unspecified atom stereocenters. The fourth-order valence-electron chi connectivity index (χ4n) is 4.07. The Labute approximate surface area is 225 Å². The van der Waals surface area contributed by atoms with Crippen molar-refractivity contribution < 1.29 is 23.3 Å². The molecular weight excluding hydrogens is 520 g/mol. The second-order valence-electron chi connectivity index (χ2n) is 8.83. The molecule has 0 aliphatic rings. The Hall–Kier alpha value is -4.58. The summed E-state index contributed by atoms with van der Waals surface area (Å²) < 4.78 is 23.0. The lowest BCUT2D eigenvalue weighted by Crippen LogP contribution is -2.18. The van der Waals surface area contributed by atoms with Crippen LogP contribution in [0.3, 0.4) is 0 Å². The maximum absolute atomic E-state index is 13.3. The van der Waals surface area contributed by atoms with E-state index in [0.717, 1.165) is 11.3 Å². The van der Waals surface area contributed by atoms with Gasteiger partial charge in [0, 0.05) is 16.5 Å². The fourth-order valence-corrected chi connectivity index (χ4v) is 5.15. The Balaban J connectivity index is 1.58. The van der Waals surface area contributed by atoms with Crippen molar-refractivity contribution in [3.8, 4) is 0 Å². The number of amides is 3. The highest BCUT2D eigenvalue weighted by Gasteiger charge is 2.19. The van der Waals surface area contributed by atoms with Gasteiger partial charge in [-0.2, -0.15) is 5.10 Å². The van der Waals surface area contributed by atoms with Crippen molar-refractivity contribution in [3.05, 3.63) is 82.8 Å². The van der Waals surface area contributed by atoms with Gasteiger partial charge >= 0.3 is 6.09 Å². The highest BCUT2D eigenvalue weighted by Crippen LogP contribution is 2.24. The molecule has 3 N–H and O–H groups in total. The van der Waals surface area contributed by atoms with Crippen LogP contribution in [0.1, 0.15) is 44.7 Å². The Bertz CT molecular complexity index is 1720. The van der Waals surface area contributed by atoms with E-state index < -0.39 is 27.6 Å². The SMILES string of the molecule is CCOC(=O)N=S(C)(=O)c1ccc(Cn2nc(C)c(NC(=O)c3cc(C(N)=O)nc4ccccc34)c2C)cc1. The Morgan fingerprint density at radius 3 is 2.46 bits per heavy atom. The highest BCUT2D eigenvalue weighted by molar-refractivity contribution is 7.93. The maximum Gasteiger partial charge on any atom is 0.442 e. The average molecular weight is 549 g/mol. The molecular formula is C27H28N6O5S. The number of rotatable bonds is 7. The fraction of sp³-hybridized carbons (Fsp3) is 0.222. The number of hydrogen-bond acceptors (Lipinski definition) is 7. The van der Waals surface area contributed by atoms with Crippen molar-refractivity contribution in [2.75, 3.05) is 18.2 Å². The van der Waals surface area contributed by atoms with Crippen molar-refractivity contribution in [1.82, 2.24) is 14.8 Å². The van der Waals surface area contributed by atoms with Gasteiger partial charge in [0.2, 0.25) is 0 Å². The van der Waals surface area contributed by atoms with Gasteiger partial charge in [-0.05, 0) is 50.6 Å². The highest BCUT2D eigenvalue weighted by atomic mass is 32.2. The van der Waals surface area contributed by atoms with Crippen LogP contribution in [0.15, 0.2) is 63.9 Å². The smallest absolute Gasteiger partial charge is 0.442 e. The molecule has 0 aliphatic heterocycles. The van der Waals surface area contributed by atoms with E-state index in [9.17, 15) is 18.6 Å². The molecule has 0 saturated heterocycles. The van der Waals surface area contributed by atoms with Crippen molar-refractivity contribution >= 4 is 44.2 Å². The van der Waals surface area contributed by atoms with E-state index in [1.54, 1.807) is 67.1 Å². The minimum atomic E-state index is -2.95. The van der Waals surface area contributed by atoms with Gasteiger partial charge in [0.1, 0.15) is 5.69 Å². The second kappa shape index (κ2) is 11.0. The van der Waals surface area contributed by atoms with E-state index in [-0.39, 0.29) is 17.9 Å². The van der Waals surface area contributed by atoms with Crippen molar-refractivity contribution in [1.29, 1.82) is 0 Å². The third-order valence-corrected chi connectivity index (χ3v) is 7.69. The zero-order chi connectivity index (χ0) is 28.3. The van der Waals surface area contributed by atoms with Crippen LogP contribution in [-0.4, -0.2) is 49.7 Å². The van der Waals surface area contributed by atoms with Gasteiger partial charge in [0.05, 0.1) is 51.0 Å². The molecule has 2 heterocycles. The molecule has 0 saturated carbocycles. The zero-order valence-corrected chi connectivity index (χ0v) is 22.7. The lowest BCUT2D eigenvalue weighted by atomic mass is 10.1. The number of primary amides is 1. The summed E-state index contributed by atoms with van der Waals surface area (Å²) in [5, 5.41) is 8.08. The number of pyridine rings is 1. The number of nitrogens with zero attached hydrogens (tertiary/aromatic N) is 4. The molecule has 12 heteroatoms. The van der Waals surface area contributed by atoms with E-state index in [2.05, 4.69) is 19.8 Å². The largest absolute Gasteiger partial charge is 0.448 e. The first-order chi connectivity index (χ1) is 18.5. The van der Waals surface area contributed by atoms with E-state index in [1.165, 1.54) is 12.3 Å². The topological polar surface area (TPSA) is 159 Å². The third-order valence-electron chi connectivity index (χ3n) is 6.04. The van der Waals surface area contributed by atoms with Gasteiger partial charge in [-0.15, -0.1) is 4.36 Å². The van der Waals surface area contributed by atoms with Crippen LogP contribution in [0.5, 0.6) is 0 Å². The molecule has 0 fully saturated rings. The van der Waals surface area contributed by atoms with Crippen LogP contribution in [0.2, 0.25) is 0 Å². The van der Waals surface area contributed by atoms with Crippen LogP contribution in [0.25, 0.3) is 10.9 Å². The summed E-state index contributed by atoms with van der Waals surface area (Å²) in [6.45, 7) is 5.80. The Kier molecular flexibility index (Phi) is 7.77. The molecule has 4 aromatic rings. The zero-order valence-electron chi connectivity index (χ0n) is 21.9. The number of para-hydroxylation sites is 1. The molecule has 39 heavy (non-hydrogen) atoms. The molecule has 0 bridgehead atoms. The lowest BCUT2D eigenvalue weighted by Gasteiger charge is -2.10. The Morgan fingerprint density at radius 2 is 1.79 bits per heavy atom. The number of benzene rings is 2. The number of carbonyl (C=O) groups excluding carboxylic acids is 3. The standard InChI is InChI=1S/C27H28N6O5S/c1-5-38-27(36)32-39(4,37)19-12-10-18(11-13-19)15-33-17(3)24(16(2)31-33)30-26(35)21-14-23(25(28)34)29-22-9-7-6-8-20(21)22/h6-14H,5,15H2,1-4H3,(H2,28,34)(H,30,35). The number of aryl methyl sites for hydroxylation is 1.